The Labute approximate surface area is 87.7 Å². The Kier molecular flexibility index (Phi) is 5.88. The van der Waals surface area contributed by atoms with Crippen LogP contribution in [0.5, 0.6) is 0 Å². The molecule has 0 saturated carbocycles. The van der Waals surface area contributed by atoms with Crippen LogP contribution in [0.1, 0.15) is 39.5 Å². The zero-order valence-corrected chi connectivity index (χ0v) is 9.46. The van der Waals surface area contributed by atoms with Gasteiger partial charge in [-0.2, -0.15) is 0 Å². The van der Waals surface area contributed by atoms with Gasteiger partial charge in [0.25, 0.3) is 0 Å². The van der Waals surface area contributed by atoms with Gasteiger partial charge in [0.15, 0.2) is 0 Å². The maximum Gasteiger partial charge on any atom is 0.0610 e. The van der Waals surface area contributed by atoms with Crippen molar-refractivity contribution in [2.75, 3.05) is 13.2 Å². The highest BCUT2D eigenvalue weighted by Gasteiger charge is 2.12. The van der Waals surface area contributed by atoms with E-state index in [1.54, 1.807) is 0 Å². The van der Waals surface area contributed by atoms with Gasteiger partial charge in [-0.25, -0.2) is 0 Å². The fraction of sp³-hybridized carbons (Fsp3) is 0.833. The maximum atomic E-state index is 5.53. The lowest BCUT2D eigenvalue weighted by Gasteiger charge is -2.06. The summed E-state index contributed by atoms with van der Waals surface area (Å²) in [6.07, 6.45) is 9.74. The highest BCUT2D eigenvalue weighted by atomic mass is 16.5. The molecule has 1 saturated heterocycles. The topological polar surface area (TPSA) is 21.3 Å². The normalized spacial score (nSPS) is 22.6. The molecule has 0 radical (unpaired) electrons. The first-order valence-electron chi connectivity index (χ1n) is 5.79. The van der Waals surface area contributed by atoms with Crippen molar-refractivity contribution < 1.29 is 4.74 Å². The fourth-order valence-corrected chi connectivity index (χ4v) is 1.65. The van der Waals surface area contributed by atoms with Gasteiger partial charge in [-0.3, -0.25) is 0 Å². The summed E-state index contributed by atoms with van der Waals surface area (Å²) in [5.41, 5.74) is 0. The van der Waals surface area contributed by atoms with Crippen LogP contribution >= 0.6 is 0 Å². The third kappa shape index (κ3) is 5.40. The number of ether oxygens (including phenoxy) is 1. The lowest BCUT2D eigenvalue weighted by atomic mass is 10.1. The molecule has 0 aromatic rings. The van der Waals surface area contributed by atoms with Crippen molar-refractivity contribution >= 4 is 0 Å². The molecule has 14 heavy (non-hydrogen) atoms. The Balaban J connectivity index is 1.92. The first-order valence-corrected chi connectivity index (χ1v) is 5.79. The van der Waals surface area contributed by atoms with Crippen LogP contribution in [-0.2, 0) is 4.74 Å². The standard InChI is InChI=1S/C12H23NO/c1-11(2)13-9-5-3-4-7-12-8-6-10-14-12/h3-4,11-13H,5-10H2,1-2H3. The van der Waals surface area contributed by atoms with E-state index >= 15 is 0 Å². The molecule has 2 nitrogen and oxygen atoms in total. The first kappa shape index (κ1) is 11.7. The minimum atomic E-state index is 0.504. The summed E-state index contributed by atoms with van der Waals surface area (Å²) in [7, 11) is 0. The van der Waals surface area contributed by atoms with E-state index in [9.17, 15) is 0 Å². The summed E-state index contributed by atoms with van der Waals surface area (Å²) in [5.74, 6) is 0. The summed E-state index contributed by atoms with van der Waals surface area (Å²) in [4.78, 5) is 0. The van der Waals surface area contributed by atoms with Crippen molar-refractivity contribution in [2.45, 2.75) is 51.7 Å². The smallest absolute Gasteiger partial charge is 0.0610 e. The summed E-state index contributed by atoms with van der Waals surface area (Å²) >= 11 is 0. The maximum absolute atomic E-state index is 5.53. The predicted molar refractivity (Wildman–Crippen MR) is 60.5 cm³/mol. The van der Waals surface area contributed by atoms with E-state index < -0.39 is 0 Å². The first-order chi connectivity index (χ1) is 6.79. The van der Waals surface area contributed by atoms with Crippen molar-refractivity contribution in [3.05, 3.63) is 12.2 Å². The van der Waals surface area contributed by atoms with Gasteiger partial charge in [-0.15, -0.1) is 0 Å². The predicted octanol–water partition coefficient (Wildman–Crippen LogP) is 2.50. The Morgan fingerprint density at radius 3 is 2.93 bits per heavy atom. The number of hydrogen-bond acceptors (Lipinski definition) is 2. The minimum absolute atomic E-state index is 0.504. The molecule has 1 rings (SSSR count). The SMILES string of the molecule is CC(C)NCCC=CCC1CCCO1. The highest BCUT2D eigenvalue weighted by molar-refractivity contribution is 4.86. The molecule has 1 atom stereocenters. The Bertz CT molecular complexity index is 160. The molecule has 0 bridgehead atoms. The van der Waals surface area contributed by atoms with Crippen LogP contribution in [0.25, 0.3) is 0 Å². The molecule has 0 amide bonds. The fourth-order valence-electron chi connectivity index (χ4n) is 1.65. The number of nitrogens with one attached hydrogen (secondary N) is 1. The molecule has 1 fully saturated rings. The quantitative estimate of drug-likeness (QED) is 0.522. The van der Waals surface area contributed by atoms with E-state index in [1.165, 1.54) is 12.8 Å². The van der Waals surface area contributed by atoms with E-state index in [0.29, 0.717) is 12.1 Å². The second-order valence-corrected chi connectivity index (χ2v) is 4.24. The van der Waals surface area contributed by atoms with E-state index in [2.05, 4.69) is 31.3 Å². The second-order valence-electron chi connectivity index (χ2n) is 4.24. The lowest BCUT2D eigenvalue weighted by Crippen LogP contribution is -2.23. The van der Waals surface area contributed by atoms with Crippen molar-refractivity contribution in [3.8, 4) is 0 Å². The van der Waals surface area contributed by atoms with Crippen LogP contribution in [0.3, 0.4) is 0 Å². The van der Waals surface area contributed by atoms with Crippen molar-refractivity contribution in [2.24, 2.45) is 0 Å². The van der Waals surface area contributed by atoms with Crippen molar-refractivity contribution in [3.63, 3.8) is 0 Å². The summed E-state index contributed by atoms with van der Waals surface area (Å²) in [5, 5.41) is 3.39. The molecule has 0 aromatic heterocycles. The average molecular weight is 197 g/mol. The third-order valence-electron chi connectivity index (χ3n) is 2.45. The summed E-state index contributed by atoms with van der Waals surface area (Å²) in [6.45, 7) is 6.40. The molecule has 0 aliphatic carbocycles. The van der Waals surface area contributed by atoms with Gasteiger partial charge < -0.3 is 10.1 Å². The molecule has 1 aliphatic rings. The molecule has 1 N–H and O–H groups in total. The third-order valence-corrected chi connectivity index (χ3v) is 2.45. The van der Waals surface area contributed by atoms with Gasteiger partial charge in [0, 0.05) is 12.6 Å². The molecule has 0 spiro atoms. The van der Waals surface area contributed by atoms with Gasteiger partial charge in [0.1, 0.15) is 0 Å². The zero-order valence-electron chi connectivity index (χ0n) is 9.46. The van der Waals surface area contributed by atoms with Crippen molar-refractivity contribution in [1.82, 2.24) is 5.32 Å². The largest absolute Gasteiger partial charge is 0.378 e. The zero-order chi connectivity index (χ0) is 10.2. The number of rotatable bonds is 6. The molecular formula is C12H23NO. The molecule has 0 aromatic carbocycles. The molecule has 2 heteroatoms. The van der Waals surface area contributed by atoms with Crippen LogP contribution in [-0.4, -0.2) is 25.3 Å². The molecule has 1 aliphatic heterocycles. The van der Waals surface area contributed by atoms with E-state index in [1.807, 2.05) is 0 Å². The van der Waals surface area contributed by atoms with Crippen LogP contribution < -0.4 is 5.32 Å². The van der Waals surface area contributed by atoms with E-state index in [-0.39, 0.29) is 0 Å². The van der Waals surface area contributed by atoms with Gasteiger partial charge >= 0.3 is 0 Å². The van der Waals surface area contributed by atoms with E-state index in [4.69, 9.17) is 4.74 Å². The summed E-state index contributed by atoms with van der Waals surface area (Å²) in [6, 6.07) is 0.599. The Morgan fingerprint density at radius 2 is 2.29 bits per heavy atom. The molecule has 1 heterocycles. The lowest BCUT2D eigenvalue weighted by molar-refractivity contribution is 0.113. The van der Waals surface area contributed by atoms with Gasteiger partial charge in [-0.05, 0) is 32.2 Å². The molecular weight excluding hydrogens is 174 g/mol. The highest BCUT2D eigenvalue weighted by Crippen LogP contribution is 2.15. The van der Waals surface area contributed by atoms with Crippen molar-refractivity contribution in [1.29, 1.82) is 0 Å². The van der Waals surface area contributed by atoms with Gasteiger partial charge in [-0.1, -0.05) is 26.0 Å². The van der Waals surface area contributed by atoms with Gasteiger partial charge in [0.2, 0.25) is 0 Å². The minimum Gasteiger partial charge on any atom is -0.378 e. The Hall–Kier alpha value is -0.340. The van der Waals surface area contributed by atoms with Crippen LogP contribution in [0, 0.1) is 0 Å². The number of hydrogen-bond donors (Lipinski definition) is 1. The second kappa shape index (κ2) is 7.02. The van der Waals surface area contributed by atoms with Crippen LogP contribution in [0.2, 0.25) is 0 Å². The molecule has 1 unspecified atom stereocenters. The van der Waals surface area contributed by atoms with Gasteiger partial charge in [0.05, 0.1) is 6.10 Å². The average Bonchev–Trinajstić information content (AvgIpc) is 2.63. The molecule has 82 valence electrons. The van der Waals surface area contributed by atoms with Crippen LogP contribution in [0.15, 0.2) is 12.2 Å². The monoisotopic (exact) mass is 197 g/mol. The van der Waals surface area contributed by atoms with Crippen LogP contribution in [0.4, 0.5) is 0 Å². The summed E-state index contributed by atoms with van der Waals surface area (Å²) < 4.78 is 5.53. The van der Waals surface area contributed by atoms with E-state index in [0.717, 1.165) is 26.0 Å². The Morgan fingerprint density at radius 1 is 1.43 bits per heavy atom.